The van der Waals surface area contributed by atoms with Gasteiger partial charge < -0.3 is 14.2 Å². The van der Waals surface area contributed by atoms with Gasteiger partial charge in [-0.25, -0.2) is 0 Å². The van der Waals surface area contributed by atoms with Crippen LogP contribution in [0.15, 0.2) is 29.0 Å². The standard InChI is InChI=1S/C18H23N3O3/c1-13-17(14(2)24-20-13)9-18(22)21-8-4-6-16(11-21)23-12-15-5-3-7-19-10-15/h3,5,7,10,16H,4,6,8-9,11-12H2,1-2H3/t16-/m0/s1. The predicted molar refractivity (Wildman–Crippen MR) is 88.3 cm³/mol. The first-order valence-electron chi connectivity index (χ1n) is 8.33. The molecule has 0 aromatic carbocycles. The molecule has 0 radical (unpaired) electrons. The summed E-state index contributed by atoms with van der Waals surface area (Å²) in [6.45, 7) is 5.68. The molecule has 0 saturated carbocycles. The van der Waals surface area contributed by atoms with Crippen molar-refractivity contribution < 1.29 is 14.1 Å². The summed E-state index contributed by atoms with van der Waals surface area (Å²) in [5.41, 5.74) is 2.75. The third-order valence-electron chi connectivity index (χ3n) is 4.45. The molecule has 0 spiro atoms. The second-order valence-corrected chi connectivity index (χ2v) is 6.26. The highest BCUT2D eigenvalue weighted by Gasteiger charge is 2.25. The van der Waals surface area contributed by atoms with Crippen molar-refractivity contribution in [2.24, 2.45) is 0 Å². The highest BCUT2D eigenvalue weighted by Crippen LogP contribution is 2.18. The molecule has 0 N–H and O–H groups in total. The minimum Gasteiger partial charge on any atom is -0.372 e. The average Bonchev–Trinajstić information content (AvgIpc) is 2.93. The van der Waals surface area contributed by atoms with E-state index in [1.54, 1.807) is 6.20 Å². The first-order valence-corrected chi connectivity index (χ1v) is 8.33. The molecular formula is C18H23N3O3. The van der Waals surface area contributed by atoms with E-state index < -0.39 is 0 Å². The number of carbonyl (C=O) groups excluding carboxylic acids is 1. The molecule has 0 unspecified atom stereocenters. The summed E-state index contributed by atoms with van der Waals surface area (Å²) in [6, 6.07) is 3.90. The van der Waals surface area contributed by atoms with Crippen molar-refractivity contribution in [1.29, 1.82) is 0 Å². The zero-order chi connectivity index (χ0) is 16.9. The highest BCUT2D eigenvalue weighted by atomic mass is 16.5. The van der Waals surface area contributed by atoms with Gasteiger partial charge in [0.2, 0.25) is 5.91 Å². The molecule has 128 valence electrons. The van der Waals surface area contributed by atoms with Crippen molar-refractivity contribution in [3.8, 4) is 0 Å². The molecule has 1 saturated heterocycles. The van der Waals surface area contributed by atoms with Crippen LogP contribution in [0.25, 0.3) is 0 Å². The molecule has 1 aliphatic heterocycles. The van der Waals surface area contributed by atoms with Gasteiger partial charge in [-0.3, -0.25) is 9.78 Å². The number of nitrogens with zero attached hydrogens (tertiary/aromatic N) is 3. The Hall–Kier alpha value is -2.21. The van der Waals surface area contributed by atoms with Crippen LogP contribution in [0.4, 0.5) is 0 Å². The van der Waals surface area contributed by atoms with E-state index >= 15 is 0 Å². The summed E-state index contributed by atoms with van der Waals surface area (Å²) in [5, 5.41) is 3.92. The largest absolute Gasteiger partial charge is 0.372 e. The zero-order valence-corrected chi connectivity index (χ0v) is 14.2. The van der Waals surface area contributed by atoms with Crippen LogP contribution >= 0.6 is 0 Å². The number of aryl methyl sites for hydroxylation is 2. The minimum absolute atomic E-state index is 0.0765. The summed E-state index contributed by atoms with van der Waals surface area (Å²) < 4.78 is 11.1. The Morgan fingerprint density at radius 2 is 2.33 bits per heavy atom. The van der Waals surface area contributed by atoms with Crippen LogP contribution in [0.5, 0.6) is 0 Å². The molecule has 1 atom stereocenters. The molecular weight excluding hydrogens is 306 g/mol. The van der Waals surface area contributed by atoms with Crippen LogP contribution < -0.4 is 0 Å². The Labute approximate surface area is 141 Å². The zero-order valence-electron chi connectivity index (χ0n) is 14.2. The number of aromatic nitrogens is 2. The van der Waals surface area contributed by atoms with Crippen molar-refractivity contribution in [3.05, 3.63) is 47.1 Å². The van der Waals surface area contributed by atoms with E-state index in [4.69, 9.17) is 9.26 Å². The van der Waals surface area contributed by atoms with Gasteiger partial charge in [-0.05, 0) is 38.3 Å². The van der Waals surface area contributed by atoms with E-state index in [9.17, 15) is 4.79 Å². The van der Waals surface area contributed by atoms with Gasteiger partial charge in [0.15, 0.2) is 0 Å². The summed E-state index contributed by atoms with van der Waals surface area (Å²) in [6.07, 6.45) is 5.92. The van der Waals surface area contributed by atoms with E-state index in [0.29, 0.717) is 19.6 Å². The molecule has 1 fully saturated rings. The Morgan fingerprint density at radius 3 is 3.04 bits per heavy atom. The normalized spacial score (nSPS) is 17.9. The van der Waals surface area contributed by atoms with Crippen LogP contribution in [0.2, 0.25) is 0 Å². The number of piperidine rings is 1. The molecule has 0 aliphatic carbocycles. The van der Waals surface area contributed by atoms with Gasteiger partial charge >= 0.3 is 0 Å². The first-order chi connectivity index (χ1) is 11.6. The lowest BCUT2D eigenvalue weighted by Gasteiger charge is -2.32. The third kappa shape index (κ3) is 4.00. The summed E-state index contributed by atoms with van der Waals surface area (Å²) in [5.74, 6) is 0.835. The number of pyridine rings is 1. The molecule has 0 bridgehead atoms. The molecule has 1 amide bonds. The highest BCUT2D eigenvalue weighted by molar-refractivity contribution is 5.79. The number of amides is 1. The van der Waals surface area contributed by atoms with Gasteiger partial charge in [-0.2, -0.15) is 0 Å². The Morgan fingerprint density at radius 1 is 1.46 bits per heavy atom. The predicted octanol–water partition coefficient (Wildman–Crippen LogP) is 2.44. The van der Waals surface area contributed by atoms with E-state index in [1.165, 1.54) is 0 Å². The molecule has 1 aliphatic rings. The number of likely N-dealkylation sites (tertiary alicyclic amines) is 1. The fraction of sp³-hybridized carbons (Fsp3) is 0.500. The summed E-state index contributed by atoms with van der Waals surface area (Å²) in [4.78, 5) is 18.6. The number of ether oxygens (including phenoxy) is 1. The van der Waals surface area contributed by atoms with Crippen molar-refractivity contribution >= 4 is 5.91 Å². The molecule has 24 heavy (non-hydrogen) atoms. The van der Waals surface area contributed by atoms with E-state index in [1.807, 2.05) is 37.1 Å². The fourth-order valence-corrected chi connectivity index (χ4v) is 3.02. The smallest absolute Gasteiger partial charge is 0.227 e. The maximum Gasteiger partial charge on any atom is 0.227 e. The minimum atomic E-state index is 0.0765. The lowest BCUT2D eigenvalue weighted by atomic mass is 10.1. The monoisotopic (exact) mass is 329 g/mol. The third-order valence-corrected chi connectivity index (χ3v) is 4.45. The fourth-order valence-electron chi connectivity index (χ4n) is 3.02. The molecule has 6 nitrogen and oxygen atoms in total. The van der Waals surface area contributed by atoms with Crippen LogP contribution in [0.3, 0.4) is 0 Å². The quantitative estimate of drug-likeness (QED) is 0.843. The lowest BCUT2D eigenvalue weighted by molar-refractivity contribution is -0.134. The van der Waals surface area contributed by atoms with Crippen LogP contribution in [-0.4, -0.2) is 40.1 Å². The van der Waals surface area contributed by atoms with E-state index in [-0.39, 0.29) is 12.0 Å². The number of hydrogen-bond donors (Lipinski definition) is 0. The Balaban J connectivity index is 1.54. The van der Waals surface area contributed by atoms with Crippen LogP contribution in [0.1, 0.15) is 35.4 Å². The van der Waals surface area contributed by atoms with Crippen molar-refractivity contribution in [2.75, 3.05) is 13.1 Å². The molecule has 2 aromatic heterocycles. The van der Waals surface area contributed by atoms with Gasteiger partial charge in [0.25, 0.3) is 0 Å². The summed E-state index contributed by atoms with van der Waals surface area (Å²) >= 11 is 0. The molecule has 6 heteroatoms. The van der Waals surface area contributed by atoms with Gasteiger partial charge in [-0.1, -0.05) is 11.2 Å². The maximum absolute atomic E-state index is 12.6. The van der Waals surface area contributed by atoms with Gasteiger partial charge in [-0.15, -0.1) is 0 Å². The maximum atomic E-state index is 12.6. The molecule has 3 heterocycles. The second-order valence-electron chi connectivity index (χ2n) is 6.26. The summed E-state index contributed by atoms with van der Waals surface area (Å²) in [7, 11) is 0. The lowest BCUT2D eigenvalue weighted by Crippen LogP contribution is -2.43. The van der Waals surface area contributed by atoms with Crippen molar-refractivity contribution in [1.82, 2.24) is 15.0 Å². The Bertz CT molecular complexity index is 665. The Kier molecular flexibility index (Phi) is 5.25. The second kappa shape index (κ2) is 7.57. The van der Waals surface area contributed by atoms with Crippen molar-refractivity contribution in [2.45, 2.75) is 45.8 Å². The van der Waals surface area contributed by atoms with Gasteiger partial charge in [0.1, 0.15) is 5.76 Å². The first kappa shape index (κ1) is 16.6. The van der Waals surface area contributed by atoms with E-state index in [0.717, 1.165) is 42.0 Å². The van der Waals surface area contributed by atoms with Crippen molar-refractivity contribution in [3.63, 3.8) is 0 Å². The number of rotatable bonds is 5. The molecule has 3 rings (SSSR count). The number of hydrogen-bond acceptors (Lipinski definition) is 5. The van der Waals surface area contributed by atoms with Crippen LogP contribution in [0, 0.1) is 13.8 Å². The topological polar surface area (TPSA) is 68.5 Å². The average molecular weight is 329 g/mol. The SMILES string of the molecule is Cc1noc(C)c1CC(=O)N1CCC[C@H](OCc2cccnc2)C1. The molecule has 2 aromatic rings. The van der Waals surface area contributed by atoms with Gasteiger partial charge in [0, 0.05) is 31.0 Å². The van der Waals surface area contributed by atoms with Crippen LogP contribution in [-0.2, 0) is 22.6 Å². The van der Waals surface area contributed by atoms with Gasteiger partial charge in [0.05, 0.1) is 24.8 Å². The number of carbonyl (C=O) groups is 1. The van der Waals surface area contributed by atoms with E-state index in [2.05, 4.69) is 10.1 Å².